The number of fused-ring (bicyclic) bond motifs is 9. The molecule has 0 N–H and O–H groups in total. The van der Waals surface area contributed by atoms with E-state index in [1.165, 1.54) is 60.0 Å². The highest BCUT2D eigenvalue weighted by atomic mass is 15.1. The third kappa shape index (κ3) is 5.92. The van der Waals surface area contributed by atoms with Gasteiger partial charge in [-0.25, -0.2) is 9.97 Å². The third-order valence-corrected chi connectivity index (χ3v) is 12.2. The van der Waals surface area contributed by atoms with Crippen molar-refractivity contribution >= 4 is 65.2 Å². The minimum Gasteiger partial charge on any atom is -0.309 e. The fourth-order valence-corrected chi connectivity index (χ4v) is 9.37. The Labute approximate surface area is 358 Å². The molecule has 0 aliphatic carbocycles. The molecule has 12 rings (SSSR count). The first-order valence-electron chi connectivity index (χ1n) is 21.1. The van der Waals surface area contributed by atoms with Crippen LogP contribution in [0.5, 0.6) is 0 Å². The van der Waals surface area contributed by atoms with Crippen molar-refractivity contribution in [3.05, 3.63) is 231 Å². The summed E-state index contributed by atoms with van der Waals surface area (Å²) in [5.41, 5.74) is 12.3. The number of benzene rings is 9. The molecule has 0 fully saturated rings. The van der Waals surface area contributed by atoms with Crippen molar-refractivity contribution in [3.63, 3.8) is 0 Å². The van der Waals surface area contributed by atoms with Gasteiger partial charge in [0.15, 0.2) is 0 Å². The Bertz CT molecular complexity index is 3750. The van der Waals surface area contributed by atoms with Gasteiger partial charge in [-0.2, -0.15) is 0 Å². The zero-order chi connectivity index (χ0) is 41.0. The maximum atomic E-state index is 5.21. The summed E-state index contributed by atoms with van der Waals surface area (Å²) in [6.07, 6.45) is 1.82. The molecule has 0 radical (unpaired) electrons. The summed E-state index contributed by atoms with van der Waals surface area (Å²) in [5, 5.41) is 9.77. The zero-order valence-electron chi connectivity index (χ0n) is 33.7. The first-order valence-corrected chi connectivity index (χ1v) is 21.1. The largest absolute Gasteiger partial charge is 0.309 e. The number of rotatable bonds is 5. The van der Waals surface area contributed by atoms with Gasteiger partial charge in [-0.05, 0) is 111 Å². The lowest BCUT2D eigenvalue weighted by Gasteiger charge is -2.13. The molecule has 0 atom stereocenters. The monoisotopic (exact) mass is 790 g/mol. The van der Waals surface area contributed by atoms with Gasteiger partial charge in [0.2, 0.25) is 5.95 Å². The number of aromatic nitrogens is 4. The lowest BCUT2D eigenvalue weighted by atomic mass is 9.92. The molecule has 12 aromatic rings. The van der Waals surface area contributed by atoms with Crippen molar-refractivity contribution in [1.82, 2.24) is 19.1 Å². The van der Waals surface area contributed by atoms with Gasteiger partial charge in [-0.3, -0.25) is 4.57 Å². The van der Waals surface area contributed by atoms with E-state index in [1.54, 1.807) is 0 Å². The average Bonchev–Trinajstić information content (AvgIpc) is 3.85. The molecular formula is C58H38N4. The molecule has 0 saturated carbocycles. The second kappa shape index (κ2) is 14.7. The van der Waals surface area contributed by atoms with E-state index in [4.69, 9.17) is 9.97 Å². The van der Waals surface area contributed by atoms with Crippen molar-refractivity contribution in [3.8, 4) is 45.1 Å². The van der Waals surface area contributed by atoms with Gasteiger partial charge >= 0.3 is 0 Å². The first-order chi connectivity index (χ1) is 30.8. The van der Waals surface area contributed by atoms with Gasteiger partial charge < -0.3 is 4.57 Å². The smallest absolute Gasteiger partial charge is 0.235 e. The number of para-hydroxylation sites is 3. The van der Waals surface area contributed by atoms with Crippen molar-refractivity contribution in [2.24, 2.45) is 0 Å². The average molecular weight is 791 g/mol. The van der Waals surface area contributed by atoms with Crippen LogP contribution < -0.4 is 0 Å². The predicted octanol–water partition coefficient (Wildman–Crippen LogP) is 15.1. The Morgan fingerprint density at radius 3 is 1.69 bits per heavy atom. The standard InChI is InChI=1S/C58H38N4/c1-2-16-34-59-58(60-52(25-9-1)39-17-5-3-6-18-39)62-53-26-14-12-22-47(53)51-37-43(32-33-55(51)62)41-28-29-42-36-44(31-30-40(42)35-41)50-38-56-57(48-23-11-10-21-46(48)50)49-24-13-15-27-54(49)61(56)45-19-7-4-8-20-45/h1-38H. The molecule has 4 nitrogen and oxygen atoms in total. The molecular weight excluding hydrogens is 753 g/mol. The number of nitrogens with zero attached hydrogens (tertiary/aromatic N) is 4. The minimum absolute atomic E-state index is 0.606. The fraction of sp³-hybridized carbons (Fsp3) is 0. The second-order valence-electron chi connectivity index (χ2n) is 15.8. The summed E-state index contributed by atoms with van der Waals surface area (Å²) < 4.78 is 4.60. The highest BCUT2D eigenvalue weighted by molar-refractivity contribution is 6.24. The molecule has 62 heavy (non-hydrogen) atoms. The lowest BCUT2D eigenvalue weighted by Crippen LogP contribution is -2.00. The maximum Gasteiger partial charge on any atom is 0.235 e. The van der Waals surface area contributed by atoms with Crippen LogP contribution in [0.25, 0.3) is 110 Å². The lowest BCUT2D eigenvalue weighted by molar-refractivity contribution is 1.01. The molecule has 3 aromatic heterocycles. The van der Waals surface area contributed by atoms with Crippen molar-refractivity contribution in [2.45, 2.75) is 0 Å². The van der Waals surface area contributed by atoms with Crippen LogP contribution in [0.3, 0.4) is 0 Å². The molecule has 0 aliphatic rings. The van der Waals surface area contributed by atoms with E-state index in [9.17, 15) is 0 Å². The Morgan fingerprint density at radius 1 is 0.323 bits per heavy atom. The van der Waals surface area contributed by atoms with Gasteiger partial charge in [0.1, 0.15) is 0 Å². The van der Waals surface area contributed by atoms with Crippen molar-refractivity contribution in [1.29, 1.82) is 0 Å². The van der Waals surface area contributed by atoms with Crippen LogP contribution in [0.2, 0.25) is 0 Å². The zero-order valence-corrected chi connectivity index (χ0v) is 33.7. The highest BCUT2D eigenvalue weighted by Gasteiger charge is 2.19. The third-order valence-electron chi connectivity index (χ3n) is 12.2. The molecule has 290 valence electrons. The van der Waals surface area contributed by atoms with E-state index in [2.05, 4.69) is 185 Å². The molecule has 0 amide bonds. The van der Waals surface area contributed by atoms with Crippen LogP contribution in [-0.4, -0.2) is 19.1 Å². The quantitative estimate of drug-likeness (QED) is 0.174. The summed E-state index contributed by atoms with van der Waals surface area (Å²) in [5.74, 6) is 0.606. The van der Waals surface area contributed by atoms with Gasteiger partial charge in [0.05, 0.1) is 27.8 Å². The summed E-state index contributed by atoms with van der Waals surface area (Å²) in [6.45, 7) is 0. The number of hydrogen-bond acceptors (Lipinski definition) is 2. The summed E-state index contributed by atoms with van der Waals surface area (Å²) >= 11 is 0. The van der Waals surface area contributed by atoms with Crippen LogP contribution >= 0.6 is 0 Å². The van der Waals surface area contributed by atoms with Gasteiger partial charge in [0.25, 0.3) is 0 Å². The van der Waals surface area contributed by atoms with Crippen molar-refractivity contribution in [2.75, 3.05) is 0 Å². The van der Waals surface area contributed by atoms with E-state index >= 15 is 0 Å². The second-order valence-corrected chi connectivity index (χ2v) is 15.8. The SMILES string of the molecule is c1cccc(-c2ccccc2)nc(-n2c3ccccc3c3cc(-c4ccc5cc(-c6cc7c(c8ccccc68)c6ccccc6n7-c6ccccc6)ccc5c4)ccc32)ncc1. The Hall–Kier alpha value is -8.34. The van der Waals surface area contributed by atoms with Crippen LogP contribution in [0.15, 0.2) is 231 Å². The Balaban J connectivity index is 0.982. The number of hydrogen-bond donors (Lipinski definition) is 0. The predicted molar refractivity (Wildman–Crippen MR) is 260 cm³/mol. The van der Waals surface area contributed by atoms with Crippen LogP contribution in [0.4, 0.5) is 0 Å². The minimum atomic E-state index is 0.606. The normalized spacial score (nSPS) is 11.5. The Morgan fingerprint density at radius 2 is 0.887 bits per heavy atom. The maximum absolute atomic E-state index is 5.21. The van der Waals surface area contributed by atoms with E-state index in [-0.39, 0.29) is 0 Å². The molecule has 0 aliphatic heterocycles. The summed E-state index contributed by atoms with van der Waals surface area (Å²) in [4.78, 5) is 10.1. The molecule has 0 bridgehead atoms. The van der Waals surface area contributed by atoms with Crippen LogP contribution in [0.1, 0.15) is 0 Å². The van der Waals surface area contributed by atoms with Gasteiger partial charge in [0, 0.05) is 39.0 Å². The molecule has 4 heteroatoms. The van der Waals surface area contributed by atoms with Crippen molar-refractivity contribution < 1.29 is 0 Å². The fourth-order valence-electron chi connectivity index (χ4n) is 9.37. The summed E-state index contributed by atoms with van der Waals surface area (Å²) in [6, 6.07) is 80.1. The van der Waals surface area contributed by atoms with E-state index in [0.717, 1.165) is 44.3 Å². The molecule has 0 unspecified atom stereocenters. The van der Waals surface area contributed by atoms with Gasteiger partial charge in [-0.1, -0.05) is 158 Å². The van der Waals surface area contributed by atoms with Gasteiger partial charge in [-0.15, -0.1) is 0 Å². The van der Waals surface area contributed by atoms with Crippen LogP contribution in [0, 0.1) is 0 Å². The first kappa shape index (κ1) is 35.6. The molecule has 3 heterocycles. The Kier molecular flexibility index (Phi) is 8.46. The van der Waals surface area contributed by atoms with E-state index in [1.807, 2.05) is 54.7 Å². The molecule has 0 spiro atoms. The summed E-state index contributed by atoms with van der Waals surface area (Å²) in [7, 11) is 0. The highest BCUT2D eigenvalue weighted by Crippen LogP contribution is 2.42. The van der Waals surface area contributed by atoms with E-state index in [0.29, 0.717) is 5.95 Å². The molecule has 9 aromatic carbocycles. The topological polar surface area (TPSA) is 35.6 Å². The molecule has 0 saturated heterocycles. The van der Waals surface area contributed by atoms with E-state index < -0.39 is 0 Å². The van der Waals surface area contributed by atoms with Crippen LogP contribution in [-0.2, 0) is 0 Å².